The minimum atomic E-state index is -3.60. The van der Waals surface area contributed by atoms with E-state index >= 15 is 0 Å². The van der Waals surface area contributed by atoms with Crippen molar-refractivity contribution in [2.45, 2.75) is 30.8 Å². The minimum Gasteiger partial charge on any atom is -0.316 e. The first-order chi connectivity index (χ1) is 9.84. The zero-order chi connectivity index (χ0) is 16.0. The molecular weight excluding hydrogens is 311 g/mol. The lowest BCUT2D eigenvalue weighted by Gasteiger charge is -2.24. The fourth-order valence-electron chi connectivity index (χ4n) is 1.91. The molecule has 21 heavy (non-hydrogen) atoms. The van der Waals surface area contributed by atoms with Gasteiger partial charge in [0.15, 0.2) is 0 Å². The Labute approximate surface area is 131 Å². The molecule has 1 N–H and O–H groups in total. The summed E-state index contributed by atoms with van der Waals surface area (Å²) >= 11 is 1.69. The maximum atomic E-state index is 13.6. The molecule has 0 bridgehead atoms. The van der Waals surface area contributed by atoms with Gasteiger partial charge in [-0.2, -0.15) is 16.1 Å². The highest BCUT2D eigenvalue weighted by molar-refractivity contribution is 7.98. The Balaban J connectivity index is 3.04. The van der Waals surface area contributed by atoms with Gasteiger partial charge in [-0.3, -0.25) is 0 Å². The van der Waals surface area contributed by atoms with Gasteiger partial charge in [0.1, 0.15) is 5.82 Å². The summed E-state index contributed by atoms with van der Waals surface area (Å²) in [4.78, 5) is 0.132. The lowest BCUT2D eigenvalue weighted by molar-refractivity contribution is 0.382. The lowest BCUT2D eigenvalue weighted by Crippen LogP contribution is -2.35. The molecule has 0 radical (unpaired) electrons. The molecule has 0 heterocycles. The van der Waals surface area contributed by atoms with Crippen LogP contribution in [0.4, 0.5) is 4.39 Å². The number of thioether (sulfide) groups is 1. The zero-order valence-corrected chi connectivity index (χ0v) is 14.5. The van der Waals surface area contributed by atoms with E-state index in [9.17, 15) is 12.8 Å². The number of nitrogens with one attached hydrogen (secondary N) is 1. The molecule has 0 saturated carbocycles. The summed E-state index contributed by atoms with van der Waals surface area (Å²) in [5.74, 6) is 0.497. The van der Waals surface area contributed by atoms with Crippen LogP contribution in [0.3, 0.4) is 0 Å². The molecule has 120 valence electrons. The lowest BCUT2D eigenvalue weighted by atomic mass is 10.2. The van der Waals surface area contributed by atoms with Crippen LogP contribution < -0.4 is 5.32 Å². The minimum absolute atomic E-state index is 0.0970. The molecular formula is C14H23FN2O2S2. The summed E-state index contributed by atoms with van der Waals surface area (Å²) in [6.07, 6.45) is 2.77. The van der Waals surface area contributed by atoms with Crippen LogP contribution in [0.1, 0.15) is 18.9 Å². The van der Waals surface area contributed by atoms with E-state index in [-0.39, 0.29) is 10.9 Å². The number of benzene rings is 1. The second kappa shape index (κ2) is 8.12. The zero-order valence-electron chi connectivity index (χ0n) is 12.9. The Bertz CT molecular complexity index is 564. The Kier molecular flexibility index (Phi) is 7.12. The predicted molar refractivity (Wildman–Crippen MR) is 86.6 cm³/mol. The Morgan fingerprint density at radius 1 is 1.43 bits per heavy atom. The van der Waals surface area contributed by atoms with Gasteiger partial charge in [0.05, 0.1) is 4.90 Å². The molecule has 1 aromatic rings. The molecule has 1 rings (SSSR count). The number of nitrogens with zero attached hydrogens (tertiary/aromatic N) is 1. The van der Waals surface area contributed by atoms with Crippen molar-refractivity contribution < 1.29 is 12.8 Å². The van der Waals surface area contributed by atoms with Crippen LogP contribution in [-0.2, 0) is 16.6 Å². The molecule has 0 aromatic heterocycles. The number of hydrogen-bond acceptors (Lipinski definition) is 4. The van der Waals surface area contributed by atoms with Gasteiger partial charge >= 0.3 is 0 Å². The highest BCUT2D eigenvalue weighted by atomic mass is 32.2. The van der Waals surface area contributed by atoms with Crippen molar-refractivity contribution in [2.24, 2.45) is 0 Å². The monoisotopic (exact) mass is 334 g/mol. The molecule has 0 aliphatic rings. The van der Waals surface area contributed by atoms with E-state index in [1.807, 2.05) is 13.2 Å². The van der Waals surface area contributed by atoms with Gasteiger partial charge in [-0.05, 0) is 50.6 Å². The first kappa shape index (κ1) is 18.4. The van der Waals surface area contributed by atoms with Crippen LogP contribution >= 0.6 is 11.8 Å². The van der Waals surface area contributed by atoms with Crippen LogP contribution in [0.2, 0.25) is 0 Å². The summed E-state index contributed by atoms with van der Waals surface area (Å²) in [6, 6.07) is 3.83. The van der Waals surface area contributed by atoms with Crippen molar-refractivity contribution in [3.8, 4) is 0 Å². The van der Waals surface area contributed by atoms with Gasteiger partial charge < -0.3 is 5.32 Å². The van der Waals surface area contributed by atoms with Gasteiger partial charge in [-0.25, -0.2) is 12.8 Å². The highest BCUT2D eigenvalue weighted by Crippen LogP contribution is 2.21. The van der Waals surface area contributed by atoms with E-state index < -0.39 is 15.8 Å². The number of hydrogen-bond donors (Lipinski definition) is 1. The average Bonchev–Trinajstić information content (AvgIpc) is 2.46. The molecule has 7 heteroatoms. The molecule has 0 amide bonds. The molecule has 1 unspecified atom stereocenters. The topological polar surface area (TPSA) is 49.4 Å². The van der Waals surface area contributed by atoms with E-state index in [0.717, 1.165) is 12.2 Å². The van der Waals surface area contributed by atoms with Crippen molar-refractivity contribution >= 4 is 21.8 Å². The molecule has 1 aromatic carbocycles. The van der Waals surface area contributed by atoms with Gasteiger partial charge in [-0.1, -0.05) is 0 Å². The molecule has 0 saturated heterocycles. The average molecular weight is 334 g/mol. The molecule has 0 spiro atoms. The molecule has 1 atom stereocenters. The Morgan fingerprint density at radius 2 is 2.10 bits per heavy atom. The van der Waals surface area contributed by atoms with Gasteiger partial charge in [0.2, 0.25) is 10.0 Å². The maximum absolute atomic E-state index is 13.6. The molecule has 0 fully saturated rings. The first-order valence-corrected chi connectivity index (χ1v) is 9.58. The smallest absolute Gasteiger partial charge is 0.243 e. The van der Waals surface area contributed by atoms with E-state index in [1.165, 1.54) is 22.5 Å². The summed E-state index contributed by atoms with van der Waals surface area (Å²) < 4.78 is 40.1. The maximum Gasteiger partial charge on any atom is 0.243 e. The van der Waals surface area contributed by atoms with E-state index in [0.29, 0.717) is 12.1 Å². The fraction of sp³-hybridized carbons (Fsp3) is 0.571. The summed E-state index contributed by atoms with van der Waals surface area (Å²) in [5.41, 5.74) is 0.351. The van der Waals surface area contributed by atoms with Crippen LogP contribution in [0.5, 0.6) is 0 Å². The van der Waals surface area contributed by atoms with Gasteiger partial charge in [0.25, 0.3) is 0 Å². The normalized spacial score (nSPS) is 13.6. The third-order valence-electron chi connectivity index (χ3n) is 3.42. The SMILES string of the molecule is CNCc1cc(S(=O)(=O)N(C)C(C)CCSC)ccc1F. The van der Waals surface area contributed by atoms with Crippen LogP contribution in [0.25, 0.3) is 0 Å². The van der Waals surface area contributed by atoms with Crippen molar-refractivity contribution in [1.29, 1.82) is 0 Å². The Hall–Kier alpha value is -0.630. The predicted octanol–water partition coefficient (Wildman–Crippen LogP) is 2.31. The second-order valence-corrected chi connectivity index (χ2v) is 7.92. The van der Waals surface area contributed by atoms with Crippen LogP contribution in [-0.4, -0.2) is 44.9 Å². The van der Waals surface area contributed by atoms with E-state index in [2.05, 4.69) is 5.32 Å². The van der Waals surface area contributed by atoms with Crippen molar-refractivity contribution in [3.05, 3.63) is 29.6 Å². The largest absolute Gasteiger partial charge is 0.316 e. The van der Waals surface area contributed by atoms with E-state index in [4.69, 9.17) is 0 Å². The first-order valence-electron chi connectivity index (χ1n) is 6.74. The number of sulfonamides is 1. The van der Waals surface area contributed by atoms with Crippen LogP contribution in [0, 0.1) is 5.82 Å². The van der Waals surface area contributed by atoms with Crippen LogP contribution in [0.15, 0.2) is 23.1 Å². The highest BCUT2D eigenvalue weighted by Gasteiger charge is 2.25. The third-order valence-corrected chi connectivity index (χ3v) is 6.03. The fourth-order valence-corrected chi connectivity index (χ4v) is 3.93. The van der Waals surface area contributed by atoms with Crippen molar-refractivity contribution in [3.63, 3.8) is 0 Å². The Morgan fingerprint density at radius 3 is 2.67 bits per heavy atom. The molecule has 0 aliphatic heterocycles. The number of halogens is 1. The summed E-state index contributed by atoms with van der Waals surface area (Å²) in [5, 5.41) is 2.83. The van der Waals surface area contributed by atoms with E-state index in [1.54, 1.807) is 25.9 Å². The molecule has 0 aliphatic carbocycles. The van der Waals surface area contributed by atoms with Gasteiger partial charge in [-0.15, -0.1) is 0 Å². The van der Waals surface area contributed by atoms with Gasteiger partial charge in [0, 0.05) is 25.2 Å². The van der Waals surface area contributed by atoms with Crippen molar-refractivity contribution in [1.82, 2.24) is 9.62 Å². The molecule has 4 nitrogen and oxygen atoms in total. The van der Waals surface area contributed by atoms with Crippen molar-refractivity contribution in [2.75, 3.05) is 26.1 Å². The summed E-state index contributed by atoms with van der Waals surface area (Å²) in [7, 11) is -0.334. The number of rotatable bonds is 8. The second-order valence-electron chi connectivity index (χ2n) is 4.94. The summed E-state index contributed by atoms with van der Waals surface area (Å²) in [6.45, 7) is 2.17. The standard InChI is InChI=1S/C14H23FN2O2S2/c1-11(7-8-20-4)17(3)21(18,19)13-5-6-14(15)12(9-13)10-16-2/h5-6,9,11,16H,7-8,10H2,1-4H3. The third kappa shape index (κ3) is 4.67. The quantitative estimate of drug-likeness (QED) is 0.792.